The van der Waals surface area contributed by atoms with Crippen LogP contribution in [0, 0.1) is 0 Å². The third kappa shape index (κ3) is 4.23. The number of hydrogen-bond acceptors (Lipinski definition) is 4. The standard InChI is InChI=1S/C10H16N4O3/c1-7(4-9(15)16)13-10(17)8-5-14(3-2-11)6-12-8/h5-7H,2-4,11H2,1H3,(H,13,17)(H,15,16). The van der Waals surface area contributed by atoms with Crippen LogP contribution in [0.3, 0.4) is 0 Å². The molecule has 1 aromatic heterocycles. The van der Waals surface area contributed by atoms with Gasteiger partial charge in [-0.2, -0.15) is 0 Å². The molecule has 0 bridgehead atoms. The molecule has 1 heterocycles. The lowest BCUT2D eigenvalue weighted by atomic mass is 10.2. The summed E-state index contributed by atoms with van der Waals surface area (Å²) in [5.74, 6) is -1.33. The molecule has 94 valence electrons. The molecule has 0 spiro atoms. The van der Waals surface area contributed by atoms with Crippen LogP contribution in [0.25, 0.3) is 0 Å². The van der Waals surface area contributed by atoms with Crippen molar-refractivity contribution in [3.05, 3.63) is 18.2 Å². The Bertz CT molecular complexity index is 402. The van der Waals surface area contributed by atoms with E-state index in [0.717, 1.165) is 0 Å². The first-order valence-electron chi connectivity index (χ1n) is 5.27. The molecule has 0 fully saturated rings. The van der Waals surface area contributed by atoms with Gasteiger partial charge in [-0.3, -0.25) is 9.59 Å². The van der Waals surface area contributed by atoms with Gasteiger partial charge in [0, 0.05) is 25.3 Å². The van der Waals surface area contributed by atoms with Gasteiger partial charge in [0.15, 0.2) is 0 Å². The molecule has 7 heteroatoms. The predicted octanol–water partition coefficient (Wildman–Crippen LogP) is -0.565. The van der Waals surface area contributed by atoms with Gasteiger partial charge in [0.2, 0.25) is 0 Å². The van der Waals surface area contributed by atoms with Crippen molar-refractivity contribution < 1.29 is 14.7 Å². The quantitative estimate of drug-likeness (QED) is 0.617. The third-order valence-corrected chi connectivity index (χ3v) is 2.11. The van der Waals surface area contributed by atoms with Gasteiger partial charge in [0.1, 0.15) is 5.69 Å². The van der Waals surface area contributed by atoms with Gasteiger partial charge in [-0.1, -0.05) is 0 Å². The van der Waals surface area contributed by atoms with Gasteiger partial charge < -0.3 is 20.7 Å². The Morgan fingerprint density at radius 3 is 2.94 bits per heavy atom. The Morgan fingerprint density at radius 2 is 2.35 bits per heavy atom. The lowest BCUT2D eigenvalue weighted by Gasteiger charge is -2.09. The van der Waals surface area contributed by atoms with Crippen LogP contribution in [-0.2, 0) is 11.3 Å². The molecule has 1 aromatic rings. The fourth-order valence-electron chi connectivity index (χ4n) is 1.36. The molecule has 0 radical (unpaired) electrons. The van der Waals surface area contributed by atoms with Crippen molar-refractivity contribution in [2.75, 3.05) is 6.54 Å². The summed E-state index contributed by atoms with van der Waals surface area (Å²) in [5, 5.41) is 11.1. The van der Waals surface area contributed by atoms with Crippen LogP contribution >= 0.6 is 0 Å². The van der Waals surface area contributed by atoms with Crippen molar-refractivity contribution in [2.24, 2.45) is 5.73 Å². The molecular weight excluding hydrogens is 224 g/mol. The number of imidazole rings is 1. The minimum absolute atomic E-state index is 0.116. The van der Waals surface area contributed by atoms with Crippen molar-refractivity contribution >= 4 is 11.9 Å². The number of nitrogens with zero attached hydrogens (tertiary/aromatic N) is 2. The van der Waals surface area contributed by atoms with E-state index in [1.165, 1.54) is 6.33 Å². The molecular formula is C10H16N4O3. The topological polar surface area (TPSA) is 110 Å². The number of rotatable bonds is 6. The summed E-state index contributed by atoms with van der Waals surface area (Å²) in [6.45, 7) is 2.68. The van der Waals surface area contributed by atoms with E-state index >= 15 is 0 Å². The molecule has 7 nitrogen and oxygen atoms in total. The SMILES string of the molecule is CC(CC(=O)O)NC(=O)c1cn(CCN)cn1. The molecule has 17 heavy (non-hydrogen) atoms. The van der Waals surface area contributed by atoms with Crippen LogP contribution in [0.15, 0.2) is 12.5 Å². The van der Waals surface area contributed by atoms with E-state index in [1.807, 2.05) is 0 Å². The van der Waals surface area contributed by atoms with E-state index in [2.05, 4.69) is 10.3 Å². The van der Waals surface area contributed by atoms with E-state index in [4.69, 9.17) is 10.8 Å². The van der Waals surface area contributed by atoms with E-state index in [-0.39, 0.29) is 18.0 Å². The monoisotopic (exact) mass is 240 g/mol. The average Bonchev–Trinajstić information content (AvgIpc) is 2.65. The number of hydrogen-bond donors (Lipinski definition) is 3. The van der Waals surface area contributed by atoms with E-state index in [1.54, 1.807) is 17.7 Å². The van der Waals surface area contributed by atoms with Crippen molar-refractivity contribution in [3.8, 4) is 0 Å². The Balaban J connectivity index is 2.54. The lowest BCUT2D eigenvalue weighted by molar-refractivity contribution is -0.137. The first kappa shape index (κ1) is 13.2. The number of nitrogens with one attached hydrogen (secondary N) is 1. The molecule has 0 aliphatic carbocycles. The molecule has 0 saturated carbocycles. The first-order chi connectivity index (χ1) is 8.02. The highest BCUT2D eigenvalue weighted by molar-refractivity contribution is 5.92. The Morgan fingerprint density at radius 1 is 1.65 bits per heavy atom. The highest BCUT2D eigenvalue weighted by atomic mass is 16.4. The zero-order valence-corrected chi connectivity index (χ0v) is 9.59. The molecule has 0 aliphatic rings. The van der Waals surface area contributed by atoms with Gasteiger partial charge >= 0.3 is 5.97 Å². The Labute approximate surface area is 98.6 Å². The van der Waals surface area contributed by atoms with Gasteiger partial charge in [0.05, 0.1) is 12.7 Å². The van der Waals surface area contributed by atoms with Crippen LogP contribution in [0.1, 0.15) is 23.8 Å². The molecule has 0 saturated heterocycles. The highest BCUT2D eigenvalue weighted by Gasteiger charge is 2.14. The van der Waals surface area contributed by atoms with Crippen molar-refractivity contribution in [1.82, 2.24) is 14.9 Å². The smallest absolute Gasteiger partial charge is 0.305 e. The Hall–Kier alpha value is -1.89. The minimum Gasteiger partial charge on any atom is -0.481 e. The summed E-state index contributed by atoms with van der Waals surface area (Å²) in [6, 6.07) is -0.431. The number of carboxylic acids is 1. The molecule has 1 amide bonds. The van der Waals surface area contributed by atoms with Gasteiger partial charge in [-0.15, -0.1) is 0 Å². The molecule has 1 atom stereocenters. The van der Waals surface area contributed by atoms with Crippen molar-refractivity contribution in [1.29, 1.82) is 0 Å². The second kappa shape index (κ2) is 6.00. The predicted molar refractivity (Wildman–Crippen MR) is 60.5 cm³/mol. The fraction of sp³-hybridized carbons (Fsp3) is 0.500. The number of nitrogens with two attached hydrogens (primary N) is 1. The van der Waals surface area contributed by atoms with Crippen LogP contribution in [-0.4, -0.2) is 39.1 Å². The summed E-state index contributed by atoms with van der Waals surface area (Å²) >= 11 is 0. The summed E-state index contributed by atoms with van der Waals surface area (Å²) in [5.41, 5.74) is 5.63. The van der Waals surface area contributed by atoms with Crippen LogP contribution < -0.4 is 11.1 Å². The largest absolute Gasteiger partial charge is 0.481 e. The van der Waals surface area contributed by atoms with Crippen LogP contribution in [0.2, 0.25) is 0 Å². The normalized spacial score (nSPS) is 12.1. The second-order valence-corrected chi connectivity index (χ2v) is 3.76. The Kier molecular flexibility index (Phi) is 4.65. The number of amides is 1. The van der Waals surface area contributed by atoms with Gasteiger partial charge in [0.25, 0.3) is 5.91 Å². The second-order valence-electron chi connectivity index (χ2n) is 3.76. The van der Waals surface area contributed by atoms with Gasteiger partial charge in [-0.25, -0.2) is 4.98 Å². The van der Waals surface area contributed by atoms with E-state index in [9.17, 15) is 9.59 Å². The third-order valence-electron chi connectivity index (χ3n) is 2.11. The van der Waals surface area contributed by atoms with Crippen molar-refractivity contribution in [2.45, 2.75) is 25.9 Å². The molecule has 4 N–H and O–H groups in total. The number of carbonyl (C=O) groups is 2. The van der Waals surface area contributed by atoms with Gasteiger partial charge in [-0.05, 0) is 6.92 Å². The number of carbonyl (C=O) groups excluding carboxylic acids is 1. The number of carboxylic acid groups (broad SMARTS) is 1. The van der Waals surface area contributed by atoms with Crippen LogP contribution in [0.5, 0.6) is 0 Å². The molecule has 1 unspecified atom stereocenters. The van der Waals surface area contributed by atoms with Crippen molar-refractivity contribution in [3.63, 3.8) is 0 Å². The highest BCUT2D eigenvalue weighted by Crippen LogP contribution is 1.98. The lowest BCUT2D eigenvalue weighted by Crippen LogP contribution is -2.34. The summed E-state index contributed by atoms with van der Waals surface area (Å²) in [4.78, 5) is 26.0. The van der Waals surface area contributed by atoms with E-state index in [0.29, 0.717) is 13.1 Å². The number of aromatic nitrogens is 2. The average molecular weight is 240 g/mol. The maximum atomic E-state index is 11.6. The summed E-state index contributed by atoms with van der Waals surface area (Å²) in [6.07, 6.45) is 2.98. The first-order valence-corrected chi connectivity index (χ1v) is 5.27. The molecule has 0 aliphatic heterocycles. The van der Waals surface area contributed by atoms with E-state index < -0.39 is 12.0 Å². The summed E-state index contributed by atoms with van der Waals surface area (Å²) < 4.78 is 1.71. The maximum absolute atomic E-state index is 11.6. The molecule has 0 aromatic carbocycles. The number of aliphatic carboxylic acids is 1. The zero-order chi connectivity index (χ0) is 12.8. The maximum Gasteiger partial charge on any atom is 0.305 e. The minimum atomic E-state index is -0.952. The molecule has 1 rings (SSSR count). The summed E-state index contributed by atoms with van der Waals surface area (Å²) in [7, 11) is 0. The van der Waals surface area contributed by atoms with Crippen LogP contribution in [0.4, 0.5) is 0 Å². The fourth-order valence-corrected chi connectivity index (χ4v) is 1.36. The zero-order valence-electron chi connectivity index (χ0n) is 9.59.